The molecule has 5 nitrogen and oxygen atoms in total. The number of carbonyl (C=O) groups is 2. The Bertz CT molecular complexity index is 361. The monoisotopic (exact) mass is 396 g/mol. The Hall–Kier alpha value is -0.630. The Labute approximate surface area is 131 Å². The topological polar surface area (TPSA) is 55.4 Å². The van der Waals surface area contributed by atoms with Crippen molar-refractivity contribution in [1.82, 2.24) is 5.32 Å². The van der Waals surface area contributed by atoms with E-state index in [1.165, 1.54) is 0 Å². The molecule has 6 heteroatoms. The molecule has 0 aliphatic heterocycles. The van der Waals surface area contributed by atoms with Crippen LogP contribution in [0.1, 0.15) is 19.8 Å². The summed E-state index contributed by atoms with van der Waals surface area (Å²) in [6, 6.07) is 0. The number of esters is 1. The molecule has 0 fully saturated rings. The summed E-state index contributed by atoms with van der Waals surface area (Å²) < 4.78 is 6.28. The van der Waals surface area contributed by atoms with Gasteiger partial charge >= 0.3 is 132 Å². The molecule has 1 amide bonds. The van der Waals surface area contributed by atoms with Crippen LogP contribution in [0.4, 0.5) is 0 Å². The molecular weight excluding hydrogens is 371 g/mol. The number of hydrogen-bond acceptors (Lipinski definition) is 3. The fourth-order valence-corrected chi connectivity index (χ4v) is 3.90. The second kappa shape index (κ2) is 8.61. The van der Waals surface area contributed by atoms with Gasteiger partial charge < -0.3 is 0 Å². The van der Waals surface area contributed by atoms with Crippen molar-refractivity contribution >= 4 is 11.9 Å². The quantitative estimate of drug-likeness (QED) is 0.165. The third-order valence-electron chi connectivity index (χ3n) is 3.12. The standard InChI is InChI=1S/C14H25IN2O3/c1-4-20-13(18)11-15-17(2,3)10-9-16-14(19)12-7-5-6-8-12/h5-6,12H,4,7-11H2,1-3H3,(H,16,19). The molecule has 0 saturated carbocycles. The van der Waals surface area contributed by atoms with Crippen molar-refractivity contribution in [2.24, 2.45) is 5.92 Å². The summed E-state index contributed by atoms with van der Waals surface area (Å²) in [5.74, 6) is 0.172. The third kappa shape index (κ3) is 6.69. The van der Waals surface area contributed by atoms with Crippen LogP contribution in [0.5, 0.6) is 0 Å². The average molecular weight is 396 g/mol. The van der Waals surface area contributed by atoms with Gasteiger partial charge in [-0.3, -0.25) is 0 Å². The molecule has 0 bridgehead atoms. The van der Waals surface area contributed by atoms with E-state index in [4.69, 9.17) is 4.74 Å². The third-order valence-corrected chi connectivity index (χ3v) is 6.41. The molecule has 20 heavy (non-hydrogen) atoms. The van der Waals surface area contributed by atoms with Gasteiger partial charge in [-0.1, -0.05) is 0 Å². The van der Waals surface area contributed by atoms with Gasteiger partial charge in [0.1, 0.15) is 0 Å². The molecule has 0 aromatic carbocycles. The number of ether oxygens (including phenoxy) is 1. The van der Waals surface area contributed by atoms with Gasteiger partial charge in [0.25, 0.3) is 0 Å². The van der Waals surface area contributed by atoms with Crippen molar-refractivity contribution in [2.75, 3.05) is 38.2 Å². The molecule has 0 radical (unpaired) electrons. The molecule has 0 aromatic rings. The SMILES string of the molecule is CCOC(=O)C[I-][N+](C)(C)CCNC(=O)C1CC=CC1. The first-order chi connectivity index (χ1) is 9.44. The van der Waals surface area contributed by atoms with Gasteiger partial charge in [-0.25, -0.2) is 0 Å². The number of likely N-dealkylation sites (N-methyl/N-ethyl adjacent to an activating group) is 1. The van der Waals surface area contributed by atoms with Crippen LogP contribution in [0.2, 0.25) is 0 Å². The number of amides is 1. The van der Waals surface area contributed by atoms with Crippen LogP contribution in [0.25, 0.3) is 0 Å². The summed E-state index contributed by atoms with van der Waals surface area (Å²) in [7, 11) is 4.21. The van der Waals surface area contributed by atoms with Crippen LogP contribution in [-0.4, -0.2) is 52.8 Å². The first kappa shape index (κ1) is 17.4. The van der Waals surface area contributed by atoms with Crippen LogP contribution in [0.3, 0.4) is 0 Å². The molecule has 0 unspecified atom stereocenters. The second-order valence-corrected chi connectivity index (χ2v) is 9.31. The molecule has 0 atom stereocenters. The van der Waals surface area contributed by atoms with Gasteiger partial charge in [0.15, 0.2) is 0 Å². The number of halogens is 1. The van der Waals surface area contributed by atoms with E-state index >= 15 is 0 Å². The predicted molar refractivity (Wildman–Crippen MR) is 73.3 cm³/mol. The number of nitrogens with one attached hydrogen (secondary N) is 1. The van der Waals surface area contributed by atoms with Crippen molar-refractivity contribution in [2.45, 2.75) is 19.8 Å². The van der Waals surface area contributed by atoms with Gasteiger partial charge in [0.05, 0.1) is 0 Å². The molecule has 116 valence electrons. The van der Waals surface area contributed by atoms with Gasteiger partial charge in [-0.15, -0.1) is 0 Å². The average Bonchev–Trinajstić information content (AvgIpc) is 2.90. The van der Waals surface area contributed by atoms with Gasteiger partial charge in [0.2, 0.25) is 0 Å². The summed E-state index contributed by atoms with van der Waals surface area (Å²) in [5.41, 5.74) is 0. The fraction of sp³-hybridized carbons (Fsp3) is 0.714. The number of allylic oxidation sites excluding steroid dienone is 2. The van der Waals surface area contributed by atoms with Crippen molar-refractivity contribution in [1.29, 1.82) is 0 Å². The van der Waals surface area contributed by atoms with Crippen LogP contribution in [-0.2, 0) is 14.3 Å². The fourth-order valence-electron chi connectivity index (χ4n) is 1.89. The molecule has 1 aliphatic carbocycles. The van der Waals surface area contributed by atoms with E-state index in [0.717, 1.165) is 22.1 Å². The van der Waals surface area contributed by atoms with Crippen LogP contribution >= 0.6 is 0 Å². The Kier molecular flexibility index (Phi) is 7.50. The van der Waals surface area contributed by atoms with Gasteiger partial charge in [-0.2, -0.15) is 0 Å². The summed E-state index contributed by atoms with van der Waals surface area (Å²) in [5, 5.41) is 3.00. The van der Waals surface area contributed by atoms with E-state index in [1.54, 1.807) is 0 Å². The van der Waals surface area contributed by atoms with Crippen LogP contribution in [0.15, 0.2) is 12.2 Å². The molecule has 1 N–H and O–H groups in total. The Morgan fingerprint density at radius 1 is 1.35 bits per heavy atom. The number of quaternary nitrogens is 1. The summed E-state index contributed by atoms with van der Waals surface area (Å²) in [4.78, 5) is 23.2. The minimum absolute atomic E-state index is 0.104. The van der Waals surface area contributed by atoms with Crippen molar-refractivity contribution in [3.05, 3.63) is 12.2 Å². The Balaban J connectivity index is 2.18. The van der Waals surface area contributed by atoms with E-state index in [1.807, 2.05) is 6.92 Å². The van der Waals surface area contributed by atoms with Crippen molar-refractivity contribution in [3.63, 3.8) is 0 Å². The van der Waals surface area contributed by atoms with E-state index in [-0.39, 0.29) is 39.3 Å². The zero-order valence-corrected chi connectivity index (χ0v) is 14.7. The van der Waals surface area contributed by atoms with Crippen molar-refractivity contribution < 1.29 is 38.5 Å². The summed E-state index contributed by atoms with van der Waals surface area (Å²) in [6.45, 7) is 3.80. The maximum atomic E-state index is 11.9. The van der Waals surface area contributed by atoms with Gasteiger partial charge in [-0.05, 0) is 0 Å². The summed E-state index contributed by atoms with van der Waals surface area (Å²) in [6.07, 6.45) is 5.85. The number of hydrogen-bond donors (Lipinski definition) is 1. The molecule has 0 aromatic heterocycles. The first-order valence-electron chi connectivity index (χ1n) is 6.97. The molecule has 1 rings (SSSR count). The maximum absolute atomic E-state index is 11.9. The second-order valence-electron chi connectivity index (χ2n) is 5.25. The molecule has 0 saturated heterocycles. The number of alkyl halides is 1. The van der Waals surface area contributed by atoms with E-state index in [0.29, 0.717) is 17.6 Å². The van der Waals surface area contributed by atoms with E-state index in [2.05, 4.69) is 31.6 Å². The van der Waals surface area contributed by atoms with Crippen LogP contribution in [0, 0.1) is 5.92 Å². The Morgan fingerprint density at radius 3 is 2.60 bits per heavy atom. The normalized spacial score (nSPS) is 15.6. The number of carbonyl (C=O) groups excluding carboxylic acids is 2. The molecule has 0 heterocycles. The van der Waals surface area contributed by atoms with E-state index in [9.17, 15) is 9.59 Å². The zero-order chi connectivity index (χ0) is 15.0. The predicted octanol–water partition coefficient (Wildman–Crippen LogP) is -2.29. The van der Waals surface area contributed by atoms with Gasteiger partial charge in [0, 0.05) is 0 Å². The number of nitrogens with zero attached hydrogens (tertiary/aromatic N) is 1. The number of rotatable bonds is 8. The molecule has 0 spiro atoms. The van der Waals surface area contributed by atoms with E-state index < -0.39 is 0 Å². The van der Waals surface area contributed by atoms with Crippen LogP contribution < -0.4 is 26.8 Å². The zero-order valence-electron chi connectivity index (χ0n) is 12.5. The summed E-state index contributed by atoms with van der Waals surface area (Å²) >= 11 is -0.318. The Morgan fingerprint density at radius 2 is 2.00 bits per heavy atom. The van der Waals surface area contributed by atoms with Crippen molar-refractivity contribution in [3.8, 4) is 0 Å². The molecular formula is C14H25IN2O3. The minimum atomic E-state index is -0.318. The first-order valence-corrected chi connectivity index (χ1v) is 9.46. The molecule has 1 aliphatic rings.